The number of likely N-dealkylation sites (tertiary alicyclic amines) is 1. The third-order valence-electron chi connectivity index (χ3n) is 4.01. The highest BCUT2D eigenvalue weighted by molar-refractivity contribution is 5.44. The van der Waals surface area contributed by atoms with Crippen LogP contribution >= 0.6 is 0 Å². The van der Waals surface area contributed by atoms with Crippen molar-refractivity contribution in [3.63, 3.8) is 0 Å². The lowest BCUT2D eigenvalue weighted by molar-refractivity contribution is 0.0702. The Hall–Kier alpha value is -1.10. The van der Waals surface area contributed by atoms with E-state index in [1.165, 1.54) is 5.56 Å². The topological polar surface area (TPSA) is 52.9 Å². The highest BCUT2D eigenvalue weighted by Crippen LogP contribution is 2.25. The fraction of sp³-hybridized carbons (Fsp3) is 0.625. The average molecular weight is 279 g/mol. The summed E-state index contributed by atoms with van der Waals surface area (Å²) in [5.74, 6) is 0.880. The summed E-state index contributed by atoms with van der Waals surface area (Å²) in [6, 6.07) is 4.13. The summed E-state index contributed by atoms with van der Waals surface area (Å²) in [4.78, 5) is 2.08. The minimum atomic E-state index is -0.528. The SMILES string of the molecule is Cc1ccc(C)c(OCC(O)CN2CCC(O)C2)c1C. The number of rotatable bonds is 5. The van der Waals surface area contributed by atoms with Gasteiger partial charge in [-0.25, -0.2) is 0 Å². The van der Waals surface area contributed by atoms with Crippen LogP contribution in [0.4, 0.5) is 0 Å². The molecule has 0 radical (unpaired) electrons. The van der Waals surface area contributed by atoms with Gasteiger partial charge in [0.1, 0.15) is 18.5 Å². The van der Waals surface area contributed by atoms with Crippen LogP contribution in [0.5, 0.6) is 5.75 Å². The highest BCUT2D eigenvalue weighted by atomic mass is 16.5. The molecule has 112 valence electrons. The highest BCUT2D eigenvalue weighted by Gasteiger charge is 2.22. The zero-order chi connectivity index (χ0) is 14.7. The first-order valence-corrected chi connectivity index (χ1v) is 7.25. The smallest absolute Gasteiger partial charge is 0.125 e. The van der Waals surface area contributed by atoms with Gasteiger partial charge in [0.15, 0.2) is 0 Å². The van der Waals surface area contributed by atoms with Gasteiger partial charge in [-0.2, -0.15) is 0 Å². The summed E-state index contributed by atoms with van der Waals surface area (Å²) in [5.41, 5.74) is 3.42. The fourth-order valence-corrected chi connectivity index (χ4v) is 2.66. The lowest BCUT2D eigenvalue weighted by atomic mass is 10.1. The van der Waals surface area contributed by atoms with Crippen LogP contribution in [0.2, 0.25) is 0 Å². The lowest BCUT2D eigenvalue weighted by Crippen LogP contribution is -2.34. The largest absolute Gasteiger partial charge is 0.490 e. The summed E-state index contributed by atoms with van der Waals surface area (Å²) >= 11 is 0. The summed E-state index contributed by atoms with van der Waals surface area (Å²) in [6.45, 7) is 8.47. The van der Waals surface area contributed by atoms with Crippen LogP contribution in [0.3, 0.4) is 0 Å². The number of benzene rings is 1. The minimum Gasteiger partial charge on any atom is -0.490 e. The average Bonchev–Trinajstić information content (AvgIpc) is 2.79. The standard InChI is InChI=1S/C16H25NO3/c1-11-4-5-12(2)16(13(11)3)20-10-15(19)9-17-7-6-14(18)8-17/h4-5,14-15,18-19H,6-10H2,1-3H3. The zero-order valence-electron chi connectivity index (χ0n) is 12.6. The van der Waals surface area contributed by atoms with E-state index in [1.54, 1.807) is 0 Å². The van der Waals surface area contributed by atoms with Crippen LogP contribution in [0.15, 0.2) is 12.1 Å². The molecule has 0 amide bonds. The van der Waals surface area contributed by atoms with E-state index in [2.05, 4.69) is 17.9 Å². The van der Waals surface area contributed by atoms with Crippen molar-refractivity contribution in [2.45, 2.75) is 39.4 Å². The molecule has 2 unspecified atom stereocenters. The Morgan fingerprint density at radius 2 is 2.00 bits per heavy atom. The van der Waals surface area contributed by atoms with Gasteiger partial charge in [-0.3, -0.25) is 4.90 Å². The second-order valence-corrected chi connectivity index (χ2v) is 5.82. The minimum absolute atomic E-state index is 0.246. The summed E-state index contributed by atoms with van der Waals surface area (Å²) < 4.78 is 5.81. The van der Waals surface area contributed by atoms with Gasteiger partial charge in [0.2, 0.25) is 0 Å². The maximum atomic E-state index is 10.1. The number of hydrogen-bond donors (Lipinski definition) is 2. The maximum absolute atomic E-state index is 10.1. The summed E-state index contributed by atoms with van der Waals surface area (Å²) in [6.07, 6.45) is 0.0212. The lowest BCUT2D eigenvalue weighted by Gasteiger charge is -2.21. The van der Waals surface area contributed by atoms with E-state index in [9.17, 15) is 10.2 Å². The normalized spacial score (nSPS) is 21.1. The number of aliphatic hydroxyl groups is 2. The molecular formula is C16H25NO3. The van der Waals surface area contributed by atoms with E-state index in [0.29, 0.717) is 13.1 Å². The Kier molecular flexibility index (Phi) is 5.02. The van der Waals surface area contributed by atoms with Crippen molar-refractivity contribution in [3.8, 4) is 5.75 Å². The number of nitrogens with zero attached hydrogens (tertiary/aromatic N) is 1. The number of ether oxygens (including phenoxy) is 1. The molecule has 1 heterocycles. The van der Waals surface area contributed by atoms with Crippen molar-refractivity contribution in [2.75, 3.05) is 26.2 Å². The second-order valence-electron chi connectivity index (χ2n) is 5.82. The Balaban J connectivity index is 1.87. The Bertz CT molecular complexity index is 461. The molecule has 1 aromatic carbocycles. The molecule has 2 atom stereocenters. The van der Waals surface area contributed by atoms with E-state index < -0.39 is 6.10 Å². The van der Waals surface area contributed by atoms with Gasteiger partial charge in [0.25, 0.3) is 0 Å². The van der Waals surface area contributed by atoms with Gasteiger partial charge in [0.05, 0.1) is 6.10 Å². The van der Waals surface area contributed by atoms with E-state index in [1.807, 2.05) is 19.9 Å². The van der Waals surface area contributed by atoms with Crippen molar-refractivity contribution in [3.05, 3.63) is 28.8 Å². The van der Waals surface area contributed by atoms with Crippen molar-refractivity contribution >= 4 is 0 Å². The van der Waals surface area contributed by atoms with Crippen molar-refractivity contribution in [1.29, 1.82) is 0 Å². The van der Waals surface area contributed by atoms with E-state index in [0.717, 1.165) is 29.8 Å². The van der Waals surface area contributed by atoms with Crippen LogP contribution in [0.25, 0.3) is 0 Å². The van der Waals surface area contributed by atoms with Crippen molar-refractivity contribution in [2.24, 2.45) is 0 Å². The predicted octanol–water partition coefficient (Wildman–Crippen LogP) is 1.42. The predicted molar refractivity (Wildman–Crippen MR) is 79.2 cm³/mol. The van der Waals surface area contributed by atoms with Crippen LogP contribution in [-0.4, -0.2) is 53.6 Å². The molecule has 20 heavy (non-hydrogen) atoms. The third kappa shape index (κ3) is 3.72. The third-order valence-corrected chi connectivity index (χ3v) is 4.01. The van der Waals surface area contributed by atoms with Gasteiger partial charge < -0.3 is 14.9 Å². The number of β-amino-alcohol motifs (C(OH)–C–C–N with tert-alkyl or cyclic N) is 2. The maximum Gasteiger partial charge on any atom is 0.125 e. The molecule has 1 aliphatic heterocycles. The first-order valence-electron chi connectivity index (χ1n) is 7.25. The molecule has 0 spiro atoms. The van der Waals surface area contributed by atoms with Crippen molar-refractivity contribution < 1.29 is 14.9 Å². The van der Waals surface area contributed by atoms with Crippen LogP contribution in [-0.2, 0) is 0 Å². The zero-order valence-corrected chi connectivity index (χ0v) is 12.6. The first-order chi connectivity index (χ1) is 9.47. The van der Waals surface area contributed by atoms with Gasteiger partial charge in [-0.1, -0.05) is 12.1 Å². The molecule has 0 aliphatic carbocycles. The molecule has 1 aromatic rings. The number of hydrogen-bond acceptors (Lipinski definition) is 4. The molecule has 1 saturated heterocycles. The van der Waals surface area contributed by atoms with Crippen LogP contribution in [0, 0.1) is 20.8 Å². The van der Waals surface area contributed by atoms with Gasteiger partial charge in [-0.15, -0.1) is 0 Å². The Labute approximate surface area is 121 Å². The molecule has 1 aliphatic rings. The molecule has 4 heteroatoms. The van der Waals surface area contributed by atoms with E-state index >= 15 is 0 Å². The number of aryl methyl sites for hydroxylation is 2. The Morgan fingerprint density at radius 1 is 1.30 bits per heavy atom. The summed E-state index contributed by atoms with van der Waals surface area (Å²) in [7, 11) is 0. The van der Waals surface area contributed by atoms with E-state index in [-0.39, 0.29) is 12.7 Å². The van der Waals surface area contributed by atoms with Gasteiger partial charge in [-0.05, 0) is 43.9 Å². The molecule has 0 saturated carbocycles. The Morgan fingerprint density at radius 3 is 2.65 bits per heavy atom. The fourth-order valence-electron chi connectivity index (χ4n) is 2.66. The molecule has 1 fully saturated rings. The molecule has 0 bridgehead atoms. The van der Waals surface area contributed by atoms with Crippen molar-refractivity contribution in [1.82, 2.24) is 4.90 Å². The molecule has 2 rings (SSSR count). The molecule has 4 nitrogen and oxygen atoms in total. The monoisotopic (exact) mass is 279 g/mol. The van der Waals surface area contributed by atoms with Crippen LogP contribution < -0.4 is 4.74 Å². The van der Waals surface area contributed by atoms with Gasteiger partial charge >= 0.3 is 0 Å². The number of aliphatic hydroxyl groups excluding tert-OH is 2. The molecule has 0 aromatic heterocycles. The second kappa shape index (κ2) is 6.57. The van der Waals surface area contributed by atoms with E-state index in [4.69, 9.17) is 4.74 Å². The molecule has 2 N–H and O–H groups in total. The molecular weight excluding hydrogens is 254 g/mol. The first kappa shape index (κ1) is 15.3. The summed E-state index contributed by atoms with van der Waals surface area (Å²) in [5, 5.41) is 19.5. The quantitative estimate of drug-likeness (QED) is 0.856. The van der Waals surface area contributed by atoms with Crippen LogP contribution in [0.1, 0.15) is 23.1 Å². The van der Waals surface area contributed by atoms with Gasteiger partial charge in [0, 0.05) is 19.6 Å².